The predicted octanol–water partition coefficient (Wildman–Crippen LogP) is 3.73. The number of aliphatic hydroxyl groups is 1. The Morgan fingerprint density at radius 2 is 2.04 bits per heavy atom. The molecule has 1 amide bonds. The van der Waals surface area contributed by atoms with Crippen LogP contribution in [0, 0.1) is 0 Å². The highest BCUT2D eigenvalue weighted by Crippen LogP contribution is 2.26. The van der Waals surface area contributed by atoms with Crippen molar-refractivity contribution in [3.63, 3.8) is 0 Å². The van der Waals surface area contributed by atoms with Crippen molar-refractivity contribution in [1.29, 1.82) is 0 Å². The van der Waals surface area contributed by atoms with E-state index in [1.807, 2.05) is 47.8 Å². The summed E-state index contributed by atoms with van der Waals surface area (Å²) in [7, 11) is 0. The Balaban J connectivity index is 1.56. The fourth-order valence-electron chi connectivity index (χ4n) is 3.62. The zero-order chi connectivity index (χ0) is 18.2. The van der Waals surface area contributed by atoms with Crippen LogP contribution in [0.2, 0.25) is 0 Å². The van der Waals surface area contributed by atoms with Crippen molar-refractivity contribution in [2.75, 3.05) is 13.1 Å². The molecule has 0 spiro atoms. The molecule has 5 heteroatoms. The van der Waals surface area contributed by atoms with E-state index in [1.165, 1.54) is 17.7 Å². The molecule has 1 aliphatic heterocycles. The van der Waals surface area contributed by atoms with Crippen molar-refractivity contribution in [1.82, 2.24) is 10.2 Å². The molecule has 1 aliphatic rings. The Morgan fingerprint density at radius 3 is 2.81 bits per heavy atom. The first-order valence-corrected chi connectivity index (χ1v) is 10.4. The second-order valence-corrected chi connectivity index (χ2v) is 8.02. The molecule has 3 rings (SSSR count). The van der Waals surface area contributed by atoms with Gasteiger partial charge >= 0.3 is 0 Å². The fraction of sp³-hybridized carbons (Fsp3) is 0.476. The van der Waals surface area contributed by atoms with Crippen molar-refractivity contribution in [3.8, 4) is 0 Å². The van der Waals surface area contributed by atoms with Crippen LogP contribution in [-0.4, -0.2) is 35.0 Å². The fourth-order valence-corrected chi connectivity index (χ4v) is 4.26. The van der Waals surface area contributed by atoms with Crippen LogP contribution in [0.25, 0.3) is 0 Å². The maximum Gasteiger partial charge on any atom is 0.234 e. The molecule has 4 nitrogen and oxygen atoms in total. The molecule has 140 valence electrons. The number of nitrogens with one attached hydrogen (secondary N) is 1. The summed E-state index contributed by atoms with van der Waals surface area (Å²) in [5, 5.41) is 15.7. The lowest BCUT2D eigenvalue weighted by atomic mass is 9.98. The lowest BCUT2D eigenvalue weighted by Gasteiger charge is -2.31. The SMILES string of the molecule is O=C(CN1CCCCC[C@@H]1C[C@H](O)c1ccccc1)NCc1cccs1. The summed E-state index contributed by atoms with van der Waals surface area (Å²) in [5.74, 6) is 0.0690. The van der Waals surface area contributed by atoms with Gasteiger partial charge in [0.05, 0.1) is 19.2 Å². The largest absolute Gasteiger partial charge is 0.388 e. The van der Waals surface area contributed by atoms with Crippen LogP contribution < -0.4 is 5.32 Å². The molecular formula is C21H28N2O2S. The van der Waals surface area contributed by atoms with Gasteiger partial charge in [0.1, 0.15) is 0 Å². The van der Waals surface area contributed by atoms with Crippen LogP contribution in [0.1, 0.15) is 48.6 Å². The van der Waals surface area contributed by atoms with E-state index in [0.717, 1.165) is 24.9 Å². The molecule has 2 aromatic rings. The summed E-state index contributed by atoms with van der Waals surface area (Å²) in [6.07, 6.45) is 4.74. The van der Waals surface area contributed by atoms with Gasteiger partial charge in [0.25, 0.3) is 0 Å². The van der Waals surface area contributed by atoms with Crippen molar-refractivity contribution < 1.29 is 9.90 Å². The second kappa shape index (κ2) is 9.86. The third kappa shape index (κ3) is 5.66. The molecule has 0 aliphatic carbocycles. The number of thiophene rings is 1. The van der Waals surface area contributed by atoms with Gasteiger partial charge < -0.3 is 10.4 Å². The second-order valence-electron chi connectivity index (χ2n) is 6.99. The van der Waals surface area contributed by atoms with Gasteiger partial charge in [-0.15, -0.1) is 11.3 Å². The first-order valence-electron chi connectivity index (χ1n) is 9.48. The maximum atomic E-state index is 12.4. The van der Waals surface area contributed by atoms with E-state index in [2.05, 4.69) is 10.2 Å². The number of rotatable bonds is 7. The quantitative estimate of drug-likeness (QED) is 0.779. The number of carbonyl (C=O) groups excluding carboxylic acids is 1. The van der Waals surface area contributed by atoms with Gasteiger partial charge in [-0.2, -0.15) is 0 Å². The van der Waals surface area contributed by atoms with Crippen molar-refractivity contribution in [2.24, 2.45) is 0 Å². The number of hydrogen-bond acceptors (Lipinski definition) is 4. The van der Waals surface area contributed by atoms with Gasteiger partial charge in [-0.05, 0) is 42.8 Å². The smallest absolute Gasteiger partial charge is 0.234 e. The monoisotopic (exact) mass is 372 g/mol. The zero-order valence-electron chi connectivity index (χ0n) is 15.1. The molecule has 1 aromatic carbocycles. The molecule has 2 heterocycles. The molecular weight excluding hydrogens is 344 g/mol. The minimum atomic E-state index is -0.476. The lowest BCUT2D eigenvalue weighted by molar-refractivity contribution is -0.123. The Labute approximate surface area is 159 Å². The van der Waals surface area contributed by atoms with E-state index in [-0.39, 0.29) is 11.9 Å². The van der Waals surface area contributed by atoms with Crippen LogP contribution >= 0.6 is 11.3 Å². The van der Waals surface area contributed by atoms with Crippen LogP contribution in [0.15, 0.2) is 47.8 Å². The van der Waals surface area contributed by atoms with Crippen molar-refractivity contribution >= 4 is 17.2 Å². The molecule has 2 N–H and O–H groups in total. The number of aliphatic hydroxyl groups excluding tert-OH is 1. The number of nitrogens with zero attached hydrogens (tertiary/aromatic N) is 1. The lowest BCUT2D eigenvalue weighted by Crippen LogP contribution is -2.43. The molecule has 1 aromatic heterocycles. The van der Waals surface area contributed by atoms with Crippen LogP contribution in [0.3, 0.4) is 0 Å². The third-order valence-corrected chi connectivity index (χ3v) is 5.94. The van der Waals surface area contributed by atoms with Crippen LogP contribution in [-0.2, 0) is 11.3 Å². The van der Waals surface area contributed by atoms with Gasteiger partial charge in [0.2, 0.25) is 5.91 Å². The Morgan fingerprint density at radius 1 is 1.19 bits per heavy atom. The van der Waals surface area contributed by atoms with Crippen LogP contribution in [0.4, 0.5) is 0 Å². The molecule has 0 unspecified atom stereocenters. The number of carbonyl (C=O) groups is 1. The molecule has 0 radical (unpaired) electrons. The minimum Gasteiger partial charge on any atom is -0.388 e. The normalized spacial score (nSPS) is 19.7. The molecule has 26 heavy (non-hydrogen) atoms. The summed E-state index contributed by atoms with van der Waals surface area (Å²) in [4.78, 5) is 15.8. The Bertz CT molecular complexity index is 660. The first-order chi connectivity index (χ1) is 12.7. The standard InChI is InChI=1S/C21H28N2O2S/c24-20(17-8-3-1-4-9-17)14-18-10-5-2-6-12-23(18)16-21(25)22-15-19-11-7-13-26-19/h1,3-4,7-9,11,13,18,20,24H,2,5-6,10,12,14-16H2,(H,22,25)/t18-,20+/m1/s1. The van der Waals surface area contributed by atoms with E-state index < -0.39 is 6.10 Å². The van der Waals surface area contributed by atoms with Crippen LogP contribution in [0.5, 0.6) is 0 Å². The van der Waals surface area contributed by atoms with E-state index >= 15 is 0 Å². The molecule has 0 bridgehead atoms. The van der Waals surface area contributed by atoms with Crippen molar-refractivity contribution in [3.05, 3.63) is 58.3 Å². The summed E-state index contributed by atoms with van der Waals surface area (Å²) in [5.41, 5.74) is 0.957. The number of benzene rings is 1. The van der Waals surface area contributed by atoms with Crippen molar-refractivity contribution in [2.45, 2.75) is 50.8 Å². The average Bonchev–Trinajstić information content (AvgIpc) is 3.10. The van der Waals surface area contributed by atoms with Gasteiger partial charge in [-0.1, -0.05) is 49.2 Å². The van der Waals surface area contributed by atoms with E-state index in [1.54, 1.807) is 11.3 Å². The van der Waals surface area contributed by atoms with Gasteiger partial charge in [-0.3, -0.25) is 9.69 Å². The summed E-state index contributed by atoms with van der Waals surface area (Å²) in [6, 6.07) is 14.1. The molecule has 0 saturated carbocycles. The van der Waals surface area contributed by atoms with Gasteiger partial charge in [-0.25, -0.2) is 0 Å². The first kappa shape index (κ1) is 19.1. The topological polar surface area (TPSA) is 52.6 Å². The summed E-state index contributed by atoms with van der Waals surface area (Å²) < 4.78 is 0. The van der Waals surface area contributed by atoms with E-state index in [4.69, 9.17) is 0 Å². The minimum absolute atomic E-state index is 0.0690. The number of hydrogen-bond donors (Lipinski definition) is 2. The zero-order valence-corrected chi connectivity index (χ0v) is 16.0. The van der Waals surface area contributed by atoms with Gasteiger partial charge in [0, 0.05) is 10.9 Å². The predicted molar refractivity (Wildman–Crippen MR) is 106 cm³/mol. The van der Waals surface area contributed by atoms with Gasteiger partial charge in [0.15, 0.2) is 0 Å². The Hall–Kier alpha value is -1.69. The number of amides is 1. The highest BCUT2D eigenvalue weighted by Gasteiger charge is 2.25. The third-order valence-electron chi connectivity index (χ3n) is 5.07. The summed E-state index contributed by atoms with van der Waals surface area (Å²) in [6.45, 7) is 1.94. The molecule has 1 saturated heterocycles. The van der Waals surface area contributed by atoms with E-state index in [9.17, 15) is 9.90 Å². The molecule has 2 atom stereocenters. The maximum absolute atomic E-state index is 12.4. The summed E-state index contributed by atoms with van der Waals surface area (Å²) >= 11 is 1.66. The Kier molecular flexibility index (Phi) is 7.23. The molecule has 1 fully saturated rings. The van der Waals surface area contributed by atoms with E-state index in [0.29, 0.717) is 19.5 Å². The highest BCUT2D eigenvalue weighted by atomic mass is 32.1. The highest BCUT2D eigenvalue weighted by molar-refractivity contribution is 7.09. The number of likely N-dealkylation sites (tertiary alicyclic amines) is 1. The average molecular weight is 373 g/mol.